The van der Waals surface area contributed by atoms with Crippen LogP contribution in [0.3, 0.4) is 0 Å². The molecule has 0 aromatic carbocycles. The zero-order chi connectivity index (χ0) is 14.8. The summed E-state index contributed by atoms with van der Waals surface area (Å²) in [5.41, 5.74) is 1.60. The fourth-order valence-electron chi connectivity index (χ4n) is 3.55. The molecule has 0 bridgehead atoms. The Morgan fingerprint density at radius 1 is 1.40 bits per heavy atom. The first-order valence-corrected chi connectivity index (χ1v) is 11.7. The van der Waals surface area contributed by atoms with Crippen molar-refractivity contribution in [3.63, 3.8) is 0 Å². The van der Waals surface area contributed by atoms with Gasteiger partial charge in [0.15, 0.2) is 0 Å². The third-order valence-electron chi connectivity index (χ3n) is 5.65. The van der Waals surface area contributed by atoms with Crippen molar-refractivity contribution < 1.29 is 0 Å². The van der Waals surface area contributed by atoms with Gasteiger partial charge < -0.3 is 0 Å². The maximum Gasteiger partial charge on any atom is 0.0591 e. The first-order chi connectivity index (χ1) is 9.43. The third-order valence-corrected chi connectivity index (χ3v) is 8.83. The molecule has 1 aliphatic carbocycles. The van der Waals surface area contributed by atoms with Crippen molar-refractivity contribution in [1.82, 2.24) is 4.90 Å². The SMILES string of the molecule is CC[P+](C)(C)CCC(C)C1CC1N1CCCC=C(C)C1. The molecular formula is C18H35NP+. The summed E-state index contributed by atoms with van der Waals surface area (Å²) in [5.74, 6) is 1.94. The monoisotopic (exact) mass is 296 g/mol. The topological polar surface area (TPSA) is 3.24 Å². The van der Waals surface area contributed by atoms with E-state index in [2.05, 4.69) is 45.1 Å². The zero-order valence-corrected chi connectivity index (χ0v) is 15.3. The Balaban J connectivity index is 1.77. The lowest BCUT2D eigenvalue weighted by molar-refractivity contribution is 0.260. The second kappa shape index (κ2) is 6.93. The second-order valence-corrected chi connectivity index (χ2v) is 12.8. The van der Waals surface area contributed by atoms with Crippen LogP contribution < -0.4 is 0 Å². The van der Waals surface area contributed by atoms with Gasteiger partial charge in [0.2, 0.25) is 0 Å². The summed E-state index contributed by atoms with van der Waals surface area (Å²) >= 11 is 0. The van der Waals surface area contributed by atoms with E-state index in [1.807, 2.05) is 0 Å². The van der Waals surface area contributed by atoms with Crippen LogP contribution >= 0.6 is 7.26 Å². The summed E-state index contributed by atoms with van der Waals surface area (Å²) in [5, 5.41) is 0. The van der Waals surface area contributed by atoms with E-state index in [-0.39, 0.29) is 0 Å². The van der Waals surface area contributed by atoms with E-state index in [0.29, 0.717) is 0 Å². The smallest absolute Gasteiger partial charge is 0.0591 e. The number of allylic oxidation sites excluding steroid dienone is 1. The van der Waals surface area contributed by atoms with Gasteiger partial charge in [0.1, 0.15) is 0 Å². The summed E-state index contributed by atoms with van der Waals surface area (Å²) in [6.45, 7) is 14.8. The van der Waals surface area contributed by atoms with Crippen LogP contribution in [0.15, 0.2) is 11.6 Å². The van der Waals surface area contributed by atoms with Crippen LogP contribution in [0.1, 0.15) is 46.5 Å². The zero-order valence-electron chi connectivity index (χ0n) is 14.4. The Hall–Kier alpha value is 0.130. The van der Waals surface area contributed by atoms with Crippen LogP contribution in [0.2, 0.25) is 0 Å². The quantitative estimate of drug-likeness (QED) is 0.505. The van der Waals surface area contributed by atoms with E-state index < -0.39 is 7.26 Å². The standard InChI is InChI=1S/C18H35NP/c1-6-20(4,5)12-10-16(3)17-13-18(17)19-11-8-7-9-15(2)14-19/h9,16-18H,6-8,10-14H2,1-5H3/q+1. The minimum atomic E-state index is -0.581. The summed E-state index contributed by atoms with van der Waals surface area (Å²) in [7, 11) is -0.581. The van der Waals surface area contributed by atoms with Gasteiger partial charge in [-0.25, -0.2) is 0 Å². The predicted octanol–water partition coefficient (Wildman–Crippen LogP) is 4.74. The molecule has 2 rings (SSSR count). The van der Waals surface area contributed by atoms with Gasteiger partial charge in [0.25, 0.3) is 0 Å². The Kier molecular flexibility index (Phi) is 5.71. The van der Waals surface area contributed by atoms with E-state index in [0.717, 1.165) is 17.9 Å². The van der Waals surface area contributed by atoms with Crippen LogP contribution in [-0.4, -0.2) is 49.7 Å². The average Bonchev–Trinajstić information content (AvgIpc) is 3.20. The summed E-state index contributed by atoms with van der Waals surface area (Å²) in [6, 6.07) is 0.912. The molecule has 2 heteroatoms. The number of hydrogen-bond donors (Lipinski definition) is 0. The van der Waals surface area contributed by atoms with Crippen LogP contribution in [0.25, 0.3) is 0 Å². The largest absolute Gasteiger partial charge is 0.296 e. The van der Waals surface area contributed by atoms with E-state index in [9.17, 15) is 0 Å². The summed E-state index contributed by atoms with van der Waals surface area (Å²) in [6.07, 6.45) is 11.0. The van der Waals surface area contributed by atoms with Gasteiger partial charge in [-0.3, -0.25) is 4.90 Å². The fourth-order valence-corrected chi connectivity index (χ4v) is 4.97. The lowest BCUT2D eigenvalue weighted by Crippen LogP contribution is -2.30. The molecule has 3 unspecified atom stereocenters. The van der Waals surface area contributed by atoms with Crippen molar-refractivity contribution in [3.8, 4) is 0 Å². The molecule has 1 nitrogen and oxygen atoms in total. The van der Waals surface area contributed by atoms with Crippen molar-refractivity contribution in [2.45, 2.75) is 52.5 Å². The first-order valence-electron chi connectivity index (χ1n) is 8.64. The predicted molar refractivity (Wildman–Crippen MR) is 94.4 cm³/mol. The molecule has 0 aromatic heterocycles. The molecule has 1 heterocycles. The molecule has 1 saturated carbocycles. The lowest BCUT2D eigenvalue weighted by atomic mass is 10.0. The summed E-state index contributed by atoms with van der Waals surface area (Å²) < 4.78 is 0. The fraction of sp³-hybridized carbons (Fsp3) is 0.889. The van der Waals surface area contributed by atoms with Gasteiger partial charge in [-0.05, 0) is 57.9 Å². The van der Waals surface area contributed by atoms with Crippen molar-refractivity contribution >= 4 is 7.26 Å². The first kappa shape index (κ1) is 16.5. The van der Waals surface area contributed by atoms with Crippen molar-refractivity contribution in [1.29, 1.82) is 0 Å². The maximum atomic E-state index is 2.78. The Bertz CT molecular complexity index is 347. The molecule has 3 atom stereocenters. The Labute approximate surface area is 127 Å². The minimum Gasteiger partial charge on any atom is -0.296 e. The molecule has 116 valence electrons. The lowest BCUT2D eigenvalue weighted by Gasteiger charge is -2.23. The van der Waals surface area contributed by atoms with Crippen molar-refractivity contribution in [3.05, 3.63) is 11.6 Å². The number of nitrogens with zero attached hydrogens (tertiary/aromatic N) is 1. The van der Waals surface area contributed by atoms with Gasteiger partial charge >= 0.3 is 0 Å². The Morgan fingerprint density at radius 3 is 2.85 bits per heavy atom. The third kappa shape index (κ3) is 4.57. The van der Waals surface area contributed by atoms with E-state index >= 15 is 0 Å². The molecule has 2 aliphatic rings. The normalized spacial score (nSPS) is 29.8. The molecular weight excluding hydrogens is 261 g/mol. The van der Waals surface area contributed by atoms with E-state index in [4.69, 9.17) is 0 Å². The van der Waals surface area contributed by atoms with Gasteiger partial charge in [0.05, 0.1) is 12.3 Å². The van der Waals surface area contributed by atoms with Crippen molar-refractivity contribution in [2.24, 2.45) is 11.8 Å². The molecule has 0 spiro atoms. The average molecular weight is 296 g/mol. The van der Waals surface area contributed by atoms with Crippen LogP contribution in [0, 0.1) is 11.8 Å². The molecule has 0 aromatic rings. The summed E-state index contributed by atoms with van der Waals surface area (Å²) in [4.78, 5) is 2.78. The van der Waals surface area contributed by atoms with Gasteiger partial charge in [0, 0.05) is 33.2 Å². The highest BCUT2D eigenvalue weighted by atomic mass is 31.2. The molecule has 0 saturated heterocycles. The Morgan fingerprint density at radius 2 is 2.15 bits per heavy atom. The molecule has 20 heavy (non-hydrogen) atoms. The highest BCUT2D eigenvalue weighted by molar-refractivity contribution is 7.74. The minimum absolute atomic E-state index is 0.581. The van der Waals surface area contributed by atoms with E-state index in [1.165, 1.54) is 51.1 Å². The highest BCUT2D eigenvalue weighted by Crippen LogP contribution is 2.53. The molecule has 1 aliphatic heterocycles. The van der Waals surface area contributed by atoms with Gasteiger partial charge in [-0.15, -0.1) is 0 Å². The van der Waals surface area contributed by atoms with E-state index in [1.54, 1.807) is 5.57 Å². The van der Waals surface area contributed by atoms with Crippen molar-refractivity contribution in [2.75, 3.05) is 38.7 Å². The van der Waals surface area contributed by atoms with Gasteiger partial charge in [-0.2, -0.15) is 0 Å². The second-order valence-electron chi connectivity index (χ2n) is 7.87. The molecule has 1 fully saturated rings. The molecule has 0 amide bonds. The van der Waals surface area contributed by atoms with Crippen LogP contribution in [0.4, 0.5) is 0 Å². The van der Waals surface area contributed by atoms with Crippen LogP contribution in [-0.2, 0) is 0 Å². The van der Waals surface area contributed by atoms with Gasteiger partial charge in [-0.1, -0.05) is 18.6 Å². The highest BCUT2D eigenvalue weighted by Gasteiger charge is 2.45. The van der Waals surface area contributed by atoms with Crippen LogP contribution in [0.5, 0.6) is 0 Å². The number of rotatable bonds is 6. The molecule has 0 radical (unpaired) electrons. The number of hydrogen-bond acceptors (Lipinski definition) is 1. The maximum absolute atomic E-state index is 2.78. The molecule has 0 N–H and O–H groups in total.